The summed E-state index contributed by atoms with van der Waals surface area (Å²) in [7, 11) is 0. The molecule has 57 heavy (non-hydrogen) atoms. The summed E-state index contributed by atoms with van der Waals surface area (Å²) in [5.74, 6) is 1.87. The van der Waals surface area contributed by atoms with Crippen molar-refractivity contribution in [1.29, 1.82) is 0 Å². The van der Waals surface area contributed by atoms with Crippen LogP contribution in [0.2, 0.25) is 0 Å². The van der Waals surface area contributed by atoms with Gasteiger partial charge in [0, 0.05) is 44.6 Å². The first-order valence-corrected chi connectivity index (χ1v) is 19.0. The molecule has 0 aliphatic carbocycles. The van der Waals surface area contributed by atoms with Crippen molar-refractivity contribution < 1.29 is 4.42 Å². The molecular formula is C52H32N4O. The van der Waals surface area contributed by atoms with Gasteiger partial charge in [-0.15, -0.1) is 0 Å². The lowest BCUT2D eigenvalue weighted by molar-refractivity contribution is 0.670. The molecule has 11 aromatic rings. The first kappa shape index (κ1) is 32.7. The molecule has 0 atom stereocenters. The summed E-state index contributed by atoms with van der Waals surface area (Å²) >= 11 is 0. The number of fused-ring (bicyclic) bond motifs is 5. The molecule has 0 spiro atoms. The monoisotopic (exact) mass is 728 g/mol. The van der Waals surface area contributed by atoms with Crippen LogP contribution in [0.4, 0.5) is 0 Å². The van der Waals surface area contributed by atoms with E-state index in [1.165, 1.54) is 5.39 Å². The van der Waals surface area contributed by atoms with E-state index in [1.807, 2.05) is 54.7 Å². The molecule has 0 bridgehead atoms. The standard InChI is InChI=1S/C52H32N4O/c1-2-13-34(14-3-1)50-54-51(56-52(55-50)40-26-25-33-12-4-5-15-35(33)29-40)39-19-9-18-38(30-39)46-31-41(32-47-43(46)23-11-27-53-47)36-16-8-17-37(28-36)42-21-10-22-45-44-20-6-7-24-48(44)57-49(42)45/h1-32H. The minimum atomic E-state index is 0.611. The number of hydrogen-bond donors (Lipinski definition) is 0. The van der Waals surface area contributed by atoms with Crippen molar-refractivity contribution in [3.63, 3.8) is 0 Å². The molecule has 0 aliphatic heterocycles. The molecule has 0 amide bonds. The van der Waals surface area contributed by atoms with Crippen LogP contribution in [0, 0.1) is 0 Å². The third-order valence-corrected chi connectivity index (χ3v) is 10.7. The van der Waals surface area contributed by atoms with Gasteiger partial charge < -0.3 is 4.42 Å². The Balaban J connectivity index is 1.03. The summed E-state index contributed by atoms with van der Waals surface area (Å²) in [5, 5.41) is 5.61. The number of nitrogens with zero attached hydrogens (tertiary/aromatic N) is 4. The quantitative estimate of drug-likeness (QED) is 0.171. The Hall–Kier alpha value is -7.76. The number of rotatable bonds is 6. The van der Waals surface area contributed by atoms with Crippen LogP contribution in [0.15, 0.2) is 199 Å². The number of para-hydroxylation sites is 2. The molecule has 5 nitrogen and oxygen atoms in total. The van der Waals surface area contributed by atoms with Crippen molar-refractivity contribution >= 4 is 43.6 Å². The fourth-order valence-corrected chi connectivity index (χ4v) is 7.93. The predicted octanol–water partition coefficient (Wildman–Crippen LogP) is 13.5. The minimum absolute atomic E-state index is 0.611. The van der Waals surface area contributed by atoms with E-state index in [9.17, 15) is 0 Å². The molecule has 11 rings (SSSR count). The Kier molecular flexibility index (Phi) is 7.74. The van der Waals surface area contributed by atoms with Gasteiger partial charge in [0.25, 0.3) is 0 Å². The molecule has 0 N–H and O–H groups in total. The Labute approximate surface area is 328 Å². The molecular weight excluding hydrogens is 697 g/mol. The second kappa shape index (κ2) is 13.5. The summed E-state index contributed by atoms with van der Waals surface area (Å²) in [6.45, 7) is 0. The van der Waals surface area contributed by atoms with Crippen LogP contribution in [0.5, 0.6) is 0 Å². The van der Waals surface area contributed by atoms with E-state index in [4.69, 9.17) is 24.4 Å². The van der Waals surface area contributed by atoms with Gasteiger partial charge in [-0.05, 0) is 81.1 Å². The van der Waals surface area contributed by atoms with Crippen LogP contribution in [0.3, 0.4) is 0 Å². The smallest absolute Gasteiger partial charge is 0.164 e. The molecule has 0 unspecified atom stereocenters. The van der Waals surface area contributed by atoms with Gasteiger partial charge in [-0.2, -0.15) is 0 Å². The van der Waals surface area contributed by atoms with Crippen LogP contribution in [0.1, 0.15) is 0 Å². The van der Waals surface area contributed by atoms with Gasteiger partial charge >= 0.3 is 0 Å². The fourth-order valence-electron chi connectivity index (χ4n) is 7.93. The van der Waals surface area contributed by atoms with Crippen LogP contribution in [-0.4, -0.2) is 19.9 Å². The van der Waals surface area contributed by atoms with Gasteiger partial charge in [0.05, 0.1) is 5.52 Å². The van der Waals surface area contributed by atoms with Gasteiger partial charge in [-0.25, -0.2) is 15.0 Å². The van der Waals surface area contributed by atoms with Gasteiger partial charge in [-0.3, -0.25) is 4.98 Å². The summed E-state index contributed by atoms with van der Waals surface area (Å²) in [6.07, 6.45) is 1.86. The number of pyridine rings is 1. The lowest BCUT2D eigenvalue weighted by Gasteiger charge is -2.13. The van der Waals surface area contributed by atoms with Crippen molar-refractivity contribution in [2.45, 2.75) is 0 Å². The molecule has 3 aromatic heterocycles. The first-order chi connectivity index (χ1) is 28.2. The Morgan fingerprint density at radius 3 is 1.81 bits per heavy atom. The summed E-state index contributed by atoms with van der Waals surface area (Å²) < 4.78 is 6.42. The molecule has 0 aliphatic rings. The third-order valence-electron chi connectivity index (χ3n) is 10.7. The van der Waals surface area contributed by atoms with Crippen molar-refractivity contribution in [3.8, 4) is 67.5 Å². The lowest BCUT2D eigenvalue weighted by Crippen LogP contribution is -2.00. The molecule has 3 heterocycles. The van der Waals surface area contributed by atoms with E-state index in [0.717, 1.165) is 88.3 Å². The van der Waals surface area contributed by atoms with E-state index < -0.39 is 0 Å². The van der Waals surface area contributed by atoms with Crippen LogP contribution < -0.4 is 0 Å². The number of hydrogen-bond acceptors (Lipinski definition) is 5. The normalized spacial score (nSPS) is 11.5. The Bertz CT molecular complexity index is 3310. The molecule has 5 heteroatoms. The number of benzene rings is 8. The average Bonchev–Trinajstić information content (AvgIpc) is 3.68. The fraction of sp³-hybridized carbons (Fsp3) is 0. The molecule has 266 valence electrons. The maximum atomic E-state index is 6.42. The highest BCUT2D eigenvalue weighted by molar-refractivity contribution is 6.09. The van der Waals surface area contributed by atoms with Crippen molar-refractivity contribution in [1.82, 2.24) is 19.9 Å². The zero-order valence-electron chi connectivity index (χ0n) is 30.7. The Morgan fingerprint density at radius 1 is 0.333 bits per heavy atom. The Morgan fingerprint density at radius 2 is 0.947 bits per heavy atom. The molecule has 0 radical (unpaired) electrons. The summed E-state index contributed by atoms with van der Waals surface area (Å²) in [5.41, 5.74) is 11.9. The van der Waals surface area contributed by atoms with E-state index in [0.29, 0.717) is 17.5 Å². The SMILES string of the molecule is c1ccc(-c2nc(-c3cccc(-c4cc(-c5cccc(-c6cccc7c6oc6ccccc67)c5)cc5ncccc45)c3)nc(-c3ccc4ccccc4c3)n2)cc1. The van der Waals surface area contributed by atoms with Gasteiger partial charge in [0.1, 0.15) is 11.2 Å². The van der Waals surface area contributed by atoms with Crippen molar-refractivity contribution in [3.05, 3.63) is 194 Å². The highest BCUT2D eigenvalue weighted by atomic mass is 16.3. The molecule has 0 saturated heterocycles. The van der Waals surface area contributed by atoms with E-state index in [2.05, 4.69) is 140 Å². The summed E-state index contributed by atoms with van der Waals surface area (Å²) in [6, 6.07) is 65.2. The maximum Gasteiger partial charge on any atom is 0.164 e. The molecule has 8 aromatic carbocycles. The zero-order valence-corrected chi connectivity index (χ0v) is 30.7. The highest BCUT2D eigenvalue weighted by Gasteiger charge is 2.17. The first-order valence-electron chi connectivity index (χ1n) is 19.0. The van der Waals surface area contributed by atoms with Crippen molar-refractivity contribution in [2.75, 3.05) is 0 Å². The second-order valence-corrected chi connectivity index (χ2v) is 14.3. The zero-order chi connectivity index (χ0) is 37.7. The average molecular weight is 729 g/mol. The van der Waals surface area contributed by atoms with E-state index >= 15 is 0 Å². The van der Waals surface area contributed by atoms with Crippen LogP contribution in [-0.2, 0) is 0 Å². The maximum absolute atomic E-state index is 6.42. The van der Waals surface area contributed by atoms with Gasteiger partial charge in [0.15, 0.2) is 17.5 Å². The number of furan rings is 1. The lowest BCUT2D eigenvalue weighted by atomic mass is 9.92. The van der Waals surface area contributed by atoms with E-state index in [-0.39, 0.29) is 0 Å². The van der Waals surface area contributed by atoms with Crippen molar-refractivity contribution in [2.24, 2.45) is 0 Å². The van der Waals surface area contributed by atoms with Crippen LogP contribution in [0.25, 0.3) is 111 Å². The molecule has 0 saturated carbocycles. The van der Waals surface area contributed by atoms with E-state index in [1.54, 1.807) is 0 Å². The second-order valence-electron chi connectivity index (χ2n) is 14.3. The topological polar surface area (TPSA) is 64.7 Å². The molecule has 0 fully saturated rings. The summed E-state index contributed by atoms with van der Waals surface area (Å²) in [4.78, 5) is 20.0. The predicted molar refractivity (Wildman–Crippen MR) is 233 cm³/mol. The van der Waals surface area contributed by atoms with Crippen LogP contribution >= 0.6 is 0 Å². The number of aromatic nitrogens is 4. The van der Waals surface area contributed by atoms with Gasteiger partial charge in [-0.1, -0.05) is 146 Å². The van der Waals surface area contributed by atoms with Gasteiger partial charge in [0.2, 0.25) is 0 Å². The minimum Gasteiger partial charge on any atom is -0.455 e. The largest absolute Gasteiger partial charge is 0.455 e. The highest BCUT2D eigenvalue weighted by Crippen LogP contribution is 2.39. The third kappa shape index (κ3) is 5.90.